The van der Waals surface area contributed by atoms with Crippen molar-refractivity contribution in [3.8, 4) is 16.5 Å². The van der Waals surface area contributed by atoms with Gasteiger partial charge in [-0.15, -0.1) is 21.5 Å². The van der Waals surface area contributed by atoms with Gasteiger partial charge in [0.25, 0.3) is 0 Å². The van der Waals surface area contributed by atoms with Crippen molar-refractivity contribution in [3.63, 3.8) is 0 Å². The lowest BCUT2D eigenvalue weighted by molar-refractivity contribution is 0.0953. The largest absolute Gasteiger partial charge is 0.496 e. The Labute approximate surface area is 167 Å². The number of aryl methyl sites for hydroxylation is 1. The lowest BCUT2D eigenvalue weighted by Gasteiger charge is -2.14. The van der Waals surface area contributed by atoms with Crippen LogP contribution in [-0.4, -0.2) is 34.6 Å². The van der Waals surface area contributed by atoms with Gasteiger partial charge in [-0.2, -0.15) is 0 Å². The number of ether oxygens (including phenoxy) is 2. The molecule has 3 aromatic rings. The van der Waals surface area contributed by atoms with Gasteiger partial charge in [-0.25, -0.2) is 0 Å². The molecule has 4 rings (SSSR count). The van der Waals surface area contributed by atoms with E-state index in [9.17, 15) is 0 Å². The van der Waals surface area contributed by atoms with E-state index < -0.39 is 0 Å². The number of thioether (sulfide) groups is 1. The van der Waals surface area contributed by atoms with Crippen LogP contribution >= 0.6 is 23.1 Å². The third-order valence-corrected chi connectivity index (χ3v) is 6.54. The summed E-state index contributed by atoms with van der Waals surface area (Å²) >= 11 is 3.39. The maximum absolute atomic E-state index is 5.87. The standard InChI is InChI=1S/C20H23N3O2S2/c1-14-7-8-17(24-2)15(11-14)13-27-20-22-21-19(18-6-4-10-26-18)23(20)12-16-5-3-9-25-16/h4,6-8,10-11,16H,3,5,9,12-13H2,1-2H3. The normalized spacial score (nSPS) is 16.7. The first-order chi connectivity index (χ1) is 13.2. The molecule has 1 saturated heterocycles. The second-order valence-electron chi connectivity index (χ2n) is 6.63. The maximum Gasteiger partial charge on any atom is 0.191 e. The van der Waals surface area contributed by atoms with E-state index in [1.54, 1.807) is 30.2 Å². The lowest BCUT2D eigenvalue weighted by atomic mass is 10.1. The van der Waals surface area contributed by atoms with Crippen LogP contribution in [-0.2, 0) is 17.0 Å². The molecular formula is C20H23N3O2S2. The van der Waals surface area contributed by atoms with E-state index in [0.29, 0.717) is 0 Å². The fourth-order valence-corrected chi connectivity index (χ4v) is 4.95. The number of nitrogens with zero attached hydrogens (tertiary/aromatic N) is 3. The van der Waals surface area contributed by atoms with Crippen LogP contribution in [0.1, 0.15) is 24.0 Å². The Balaban J connectivity index is 1.59. The summed E-state index contributed by atoms with van der Waals surface area (Å²) in [7, 11) is 1.72. The summed E-state index contributed by atoms with van der Waals surface area (Å²) in [4.78, 5) is 1.14. The van der Waals surface area contributed by atoms with Gasteiger partial charge in [0.2, 0.25) is 0 Å². The van der Waals surface area contributed by atoms with Crippen LogP contribution in [0.5, 0.6) is 5.75 Å². The SMILES string of the molecule is COc1ccc(C)cc1CSc1nnc(-c2cccs2)n1CC1CCCO1. The van der Waals surface area contributed by atoms with Crippen LogP contribution in [0.4, 0.5) is 0 Å². The molecule has 0 saturated carbocycles. The molecule has 0 spiro atoms. The van der Waals surface area contributed by atoms with Crippen LogP contribution in [0, 0.1) is 6.92 Å². The van der Waals surface area contributed by atoms with Crippen molar-refractivity contribution >= 4 is 23.1 Å². The topological polar surface area (TPSA) is 49.2 Å². The number of hydrogen-bond donors (Lipinski definition) is 0. The number of rotatable bonds is 7. The zero-order valence-corrected chi connectivity index (χ0v) is 17.2. The average molecular weight is 402 g/mol. The number of benzene rings is 1. The second-order valence-corrected chi connectivity index (χ2v) is 8.52. The van der Waals surface area contributed by atoms with Crippen LogP contribution in [0.3, 0.4) is 0 Å². The van der Waals surface area contributed by atoms with Gasteiger partial charge in [0.1, 0.15) is 5.75 Å². The average Bonchev–Trinajstić information content (AvgIpc) is 3.43. The summed E-state index contributed by atoms with van der Waals surface area (Å²) in [5, 5.41) is 12.0. The van der Waals surface area contributed by atoms with E-state index in [-0.39, 0.29) is 6.10 Å². The first-order valence-electron chi connectivity index (χ1n) is 9.09. The molecule has 5 nitrogen and oxygen atoms in total. The van der Waals surface area contributed by atoms with Crippen LogP contribution < -0.4 is 4.74 Å². The highest BCUT2D eigenvalue weighted by atomic mass is 32.2. The Morgan fingerprint density at radius 3 is 3.00 bits per heavy atom. The van der Waals surface area contributed by atoms with Gasteiger partial charge in [0.05, 0.1) is 24.6 Å². The van der Waals surface area contributed by atoms with Gasteiger partial charge in [0, 0.05) is 17.9 Å². The van der Waals surface area contributed by atoms with Crippen molar-refractivity contribution in [2.24, 2.45) is 0 Å². The molecule has 2 aromatic heterocycles. The molecule has 1 unspecified atom stereocenters. The van der Waals surface area contributed by atoms with E-state index in [4.69, 9.17) is 9.47 Å². The molecule has 1 aliphatic heterocycles. The quantitative estimate of drug-likeness (QED) is 0.533. The van der Waals surface area contributed by atoms with E-state index in [2.05, 4.69) is 51.3 Å². The monoisotopic (exact) mass is 401 g/mol. The molecule has 3 heterocycles. The van der Waals surface area contributed by atoms with Crippen molar-refractivity contribution in [1.82, 2.24) is 14.8 Å². The van der Waals surface area contributed by atoms with Gasteiger partial charge < -0.3 is 9.47 Å². The summed E-state index contributed by atoms with van der Waals surface area (Å²) in [5.74, 6) is 2.63. The van der Waals surface area contributed by atoms with E-state index in [0.717, 1.165) is 53.4 Å². The third-order valence-electron chi connectivity index (χ3n) is 4.66. The zero-order chi connectivity index (χ0) is 18.6. The molecule has 1 aromatic carbocycles. The Kier molecular flexibility index (Phi) is 5.80. The van der Waals surface area contributed by atoms with Gasteiger partial charge in [-0.1, -0.05) is 35.5 Å². The molecule has 0 aliphatic carbocycles. The smallest absolute Gasteiger partial charge is 0.191 e. The summed E-state index contributed by atoms with van der Waals surface area (Å²) in [5.41, 5.74) is 2.40. The Morgan fingerprint density at radius 1 is 1.33 bits per heavy atom. The molecule has 27 heavy (non-hydrogen) atoms. The minimum Gasteiger partial charge on any atom is -0.496 e. The highest BCUT2D eigenvalue weighted by molar-refractivity contribution is 7.98. The van der Waals surface area contributed by atoms with Crippen molar-refractivity contribution < 1.29 is 9.47 Å². The van der Waals surface area contributed by atoms with Crippen molar-refractivity contribution in [3.05, 3.63) is 46.8 Å². The van der Waals surface area contributed by atoms with Crippen LogP contribution in [0.2, 0.25) is 0 Å². The van der Waals surface area contributed by atoms with Crippen molar-refractivity contribution in [1.29, 1.82) is 0 Å². The fourth-order valence-electron chi connectivity index (χ4n) is 3.30. The van der Waals surface area contributed by atoms with Gasteiger partial charge in [0.15, 0.2) is 11.0 Å². The van der Waals surface area contributed by atoms with Gasteiger partial charge in [-0.05, 0) is 37.3 Å². The molecule has 7 heteroatoms. The predicted octanol–water partition coefficient (Wildman–Crippen LogP) is 4.79. The molecular weight excluding hydrogens is 378 g/mol. The van der Waals surface area contributed by atoms with Crippen LogP contribution in [0.25, 0.3) is 10.7 Å². The first kappa shape index (κ1) is 18.5. The summed E-state index contributed by atoms with van der Waals surface area (Å²) < 4.78 is 13.6. The minimum atomic E-state index is 0.243. The Morgan fingerprint density at radius 2 is 2.26 bits per heavy atom. The predicted molar refractivity (Wildman–Crippen MR) is 110 cm³/mol. The molecule has 1 aliphatic rings. The molecule has 0 bridgehead atoms. The fraction of sp³-hybridized carbons (Fsp3) is 0.400. The second kappa shape index (κ2) is 8.46. The van der Waals surface area contributed by atoms with E-state index in [1.165, 1.54) is 11.1 Å². The van der Waals surface area contributed by atoms with Crippen LogP contribution in [0.15, 0.2) is 40.9 Å². The van der Waals surface area contributed by atoms with E-state index >= 15 is 0 Å². The summed E-state index contributed by atoms with van der Waals surface area (Å²) in [6.45, 7) is 3.75. The van der Waals surface area contributed by atoms with Gasteiger partial charge in [-0.3, -0.25) is 4.57 Å². The first-order valence-corrected chi connectivity index (χ1v) is 11.0. The number of thiophene rings is 1. The molecule has 142 valence electrons. The zero-order valence-electron chi connectivity index (χ0n) is 15.6. The molecule has 0 radical (unpaired) electrons. The molecule has 0 N–H and O–H groups in total. The summed E-state index contributed by atoms with van der Waals surface area (Å²) in [6, 6.07) is 10.4. The Bertz CT molecular complexity index is 887. The third kappa shape index (κ3) is 4.20. The van der Waals surface area contributed by atoms with Crippen molar-refractivity contribution in [2.75, 3.05) is 13.7 Å². The minimum absolute atomic E-state index is 0.243. The molecule has 0 amide bonds. The number of aromatic nitrogens is 3. The van der Waals surface area contributed by atoms with E-state index in [1.807, 2.05) is 6.07 Å². The highest BCUT2D eigenvalue weighted by Gasteiger charge is 2.22. The Hall–Kier alpha value is -1.83. The maximum atomic E-state index is 5.87. The highest BCUT2D eigenvalue weighted by Crippen LogP contribution is 2.32. The summed E-state index contributed by atoms with van der Waals surface area (Å²) in [6.07, 6.45) is 2.47. The van der Waals surface area contributed by atoms with Crippen molar-refractivity contribution in [2.45, 2.75) is 43.3 Å². The number of hydrogen-bond acceptors (Lipinski definition) is 6. The molecule has 1 atom stereocenters. The van der Waals surface area contributed by atoms with Gasteiger partial charge >= 0.3 is 0 Å². The molecule has 1 fully saturated rings. The lowest BCUT2D eigenvalue weighted by Crippen LogP contribution is -2.16. The number of methoxy groups -OCH3 is 1.